The van der Waals surface area contributed by atoms with Crippen molar-refractivity contribution in [3.8, 4) is 5.75 Å². The summed E-state index contributed by atoms with van der Waals surface area (Å²) in [6.45, 7) is 0. The fraction of sp³-hybridized carbons (Fsp3) is 0.0667. The summed E-state index contributed by atoms with van der Waals surface area (Å²) in [5, 5.41) is 0. The van der Waals surface area contributed by atoms with E-state index in [1.807, 2.05) is 0 Å². The first-order chi connectivity index (χ1) is 10.4. The SMILES string of the molecule is O=C(C=Cc1ccc(C(F)(F)F)cc1)Oc1cccnc1Br. The highest BCUT2D eigenvalue weighted by molar-refractivity contribution is 9.10. The molecule has 114 valence electrons. The highest BCUT2D eigenvalue weighted by atomic mass is 79.9. The van der Waals surface area contributed by atoms with E-state index in [9.17, 15) is 18.0 Å². The standard InChI is InChI=1S/C15H9BrF3NO2/c16-14-12(2-1-9-20-14)22-13(21)8-5-10-3-6-11(7-4-10)15(17,18)19/h1-9H. The van der Waals surface area contributed by atoms with Gasteiger partial charge in [0.2, 0.25) is 0 Å². The predicted molar refractivity (Wildman–Crippen MR) is 78.1 cm³/mol. The highest BCUT2D eigenvalue weighted by Crippen LogP contribution is 2.29. The summed E-state index contributed by atoms with van der Waals surface area (Å²) in [5.41, 5.74) is -0.290. The van der Waals surface area contributed by atoms with E-state index in [1.165, 1.54) is 24.4 Å². The van der Waals surface area contributed by atoms with E-state index in [1.54, 1.807) is 12.1 Å². The molecule has 1 aromatic carbocycles. The molecule has 0 amide bonds. The Morgan fingerprint density at radius 1 is 1.18 bits per heavy atom. The fourth-order valence-electron chi connectivity index (χ4n) is 1.54. The second-order valence-electron chi connectivity index (χ2n) is 4.17. The van der Waals surface area contributed by atoms with Crippen LogP contribution in [0.1, 0.15) is 11.1 Å². The van der Waals surface area contributed by atoms with Crippen LogP contribution in [0.25, 0.3) is 6.08 Å². The second kappa shape index (κ2) is 6.74. The number of ether oxygens (including phenoxy) is 1. The summed E-state index contributed by atoms with van der Waals surface area (Å²) in [7, 11) is 0. The first kappa shape index (κ1) is 16.2. The molecular formula is C15H9BrF3NO2. The van der Waals surface area contributed by atoms with E-state index in [0.717, 1.165) is 18.2 Å². The lowest BCUT2D eigenvalue weighted by atomic mass is 10.1. The minimum absolute atomic E-state index is 0.254. The maximum atomic E-state index is 12.4. The molecule has 0 saturated heterocycles. The van der Waals surface area contributed by atoms with Crippen LogP contribution in [0.15, 0.2) is 53.3 Å². The number of benzene rings is 1. The molecule has 0 aliphatic heterocycles. The van der Waals surface area contributed by atoms with Crippen molar-refractivity contribution in [1.82, 2.24) is 4.98 Å². The lowest BCUT2D eigenvalue weighted by Crippen LogP contribution is -2.05. The van der Waals surface area contributed by atoms with Crippen LogP contribution < -0.4 is 4.74 Å². The Hall–Kier alpha value is -2.15. The Kier molecular flexibility index (Phi) is 4.97. The van der Waals surface area contributed by atoms with E-state index in [0.29, 0.717) is 10.2 Å². The van der Waals surface area contributed by atoms with Gasteiger partial charge in [-0.05, 0) is 51.8 Å². The summed E-state index contributed by atoms with van der Waals surface area (Å²) in [5.74, 6) is -0.404. The van der Waals surface area contributed by atoms with E-state index >= 15 is 0 Å². The zero-order chi connectivity index (χ0) is 16.2. The van der Waals surface area contributed by atoms with Crippen molar-refractivity contribution in [3.63, 3.8) is 0 Å². The maximum absolute atomic E-state index is 12.4. The monoisotopic (exact) mass is 371 g/mol. The normalized spacial score (nSPS) is 11.6. The minimum Gasteiger partial charge on any atom is -0.420 e. The molecule has 7 heteroatoms. The lowest BCUT2D eigenvalue weighted by molar-refractivity contribution is -0.137. The predicted octanol–water partition coefficient (Wildman–Crippen LogP) is 4.48. The molecule has 1 aromatic heterocycles. The third kappa shape index (κ3) is 4.42. The molecule has 0 aliphatic rings. The lowest BCUT2D eigenvalue weighted by Gasteiger charge is -2.06. The number of hydrogen-bond donors (Lipinski definition) is 0. The van der Waals surface area contributed by atoms with Gasteiger partial charge in [0.1, 0.15) is 4.60 Å². The van der Waals surface area contributed by atoms with Crippen LogP contribution in [0, 0.1) is 0 Å². The zero-order valence-corrected chi connectivity index (χ0v) is 12.6. The summed E-state index contributed by atoms with van der Waals surface area (Å²) in [6, 6.07) is 7.60. The van der Waals surface area contributed by atoms with Crippen molar-refractivity contribution in [2.45, 2.75) is 6.18 Å². The number of alkyl halides is 3. The number of esters is 1. The maximum Gasteiger partial charge on any atom is 0.416 e. The number of pyridine rings is 1. The number of nitrogens with zero attached hydrogens (tertiary/aromatic N) is 1. The largest absolute Gasteiger partial charge is 0.420 e. The molecule has 0 radical (unpaired) electrons. The first-order valence-corrected chi connectivity index (χ1v) is 6.83. The van der Waals surface area contributed by atoms with Gasteiger partial charge in [-0.2, -0.15) is 13.2 Å². The van der Waals surface area contributed by atoms with Crippen LogP contribution >= 0.6 is 15.9 Å². The van der Waals surface area contributed by atoms with Crippen molar-refractivity contribution in [2.75, 3.05) is 0 Å². The Bertz CT molecular complexity index is 697. The minimum atomic E-state index is -4.38. The molecule has 0 unspecified atom stereocenters. The van der Waals surface area contributed by atoms with Crippen LogP contribution in [0.3, 0.4) is 0 Å². The Morgan fingerprint density at radius 2 is 1.86 bits per heavy atom. The highest BCUT2D eigenvalue weighted by Gasteiger charge is 2.29. The van der Waals surface area contributed by atoms with Crippen LogP contribution in [-0.2, 0) is 11.0 Å². The van der Waals surface area contributed by atoms with Crippen molar-refractivity contribution in [3.05, 3.63) is 64.4 Å². The Balaban J connectivity index is 2.02. The third-order valence-corrected chi connectivity index (χ3v) is 3.18. The average molecular weight is 372 g/mol. The summed E-state index contributed by atoms with van der Waals surface area (Å²) < 4.78 is 42.6. The van der Waals surface area contributed by atoms with E-state index in [-0.39, 0.29) is 5.75 Å². The number of hydrogen-bond acceptors (Lipinski definition) is 3. The molecule has 0 saturated carbocycles. The van der Waals surface area contributed by atoms with Gasteiger partial charge in [-0.25, -0.2) is 9.78 Å². The number of rotatable bonds is 3. The molecule has 0 atom stereocenters. The van der Waals surface area contributed by atoms with Crippen LogP contribution in [0.2, 0.25) is 0 Å². The molecule has 0 aliphatic carbocycles. The number of carbonyl (C=O) groups excluding carboxylic acids is 1. The zero-order valence-electron chi connectivity index (χ0n) is 11.0. The third-order valence-electron chi connectivity index (χ3n) is 2.59. The van der Waals surface area contributed by atoms with Crippen LogP contribution in [-0.4, -0.2) is 11.0 Å². The van der Waals surface area contributed by atoms with E-state index < -0.39 is 17.7 Å². The van der Waals surface area contributed by atoms with Crippen LogP contribution in [0.4, 0.5) is 13.2 Å². The van der Waals surface area contributed by atoms with Gasteiger partial charge in [0.05, 0.1) is 5.56 Å². The second-order valence-corrected chi connectivity index (χ2v) is 4.92. The molecule has 2 aromatic rings. The van der Waals surface area contributed by atoms with E-state index in [2.05, 4.69) is 20.9 Å². The van der Waals surface area contributed by atoms with E-state index in [4.69, 9.17) is 4.74 Å². The summed E-state index contributed by atoms with van der Waals surface area (Å²) in [4.78, 5) is 15.5. The summed E-state index contributed by atoms with van der Waals surface area (Å²) in [6.07, 6.45) is -0.359. The van der Waals surface area contributed by atoms with Gasteiger partial charge in [-0.3, -0.25) is 0 Å². The molecule has 0 bridgehead atoms. The van der Waals surface area contributed by atoms with Gasteiger partial charge >= 0.3 is 12.1 Å². The Morgan fingerprint density at radius 3 is 2.45 bits per heavy atom. The quantitative estimate of drug-likeness (QED) is 0.453. The van der Waals surface area contributed by atoms with Gasteiger partial charge in [0.25, 0.3) is 0 Å². The van der Waals surface area contributed by atoms with Crippen molar-refractivity contribution in [1.29, 1.82) is 0 Å². The number of aromatic nitrogens is 1. The average Bonchev–Trinajstić information content (AvgIpc) is 2.47. The van der Waals surface area contributed by atoms with Crippen LogP contribution in [0.5, 0.6) is 5.75 Å². The van der Waals surface area contributed by atoms with Crippen molar-refractivity contribution in [2.24, 2.45) is 0 Å². The molecule has 22 heavy (non-hydrogen) atoms. The topological polar surface area (TPSA) is 39.2 Å². The number of carbonyl (C=O) groups is 1. The Labute approximate surface area is 132 Å². The molecular weight excluding hydrogens is 363 g/mol. The molecule has 3 nitrogen and oxygen atoms in total. The van der Waals surface area contributed by atoms with Gasteiger partial charge in [-0.1, -0.05) is 12.1 Å². The molecule has 0 fully saturated rings. The number of halogens is 4. The smallest absolute Gasteiger partial charge is 0.416 e. The first-order valence-electron chi connectivity index (χ1n) is 6.04. The van der Waals surface area contributed by atoms with Gasteiger partial charge in [0.15, 0.2) is 5.75 Å². The molecule has 0 spiro atoms. The van der Waals surface area contributed by atoms with Gasteiger partial charge < -0.3 is 4.74 Å². The fourth-order valence-corrected chi connectivity index (χ4v) is 1.87. The molecule has 1 heterocycles. The van der Waals surface area contributed by atoms with Crippen molar-refractivity contribution >= 4 is 28.0 Å². The van der Waals surface area contributed by atoms with Gasteiger partial charge in [0, 0.05) is 12.3 Å². The molecule has 0 N–H and O–H groups in total. The summed E-state index contributed by atoms with van der Waals surface area (Å²) >= 11 is 3.13. The molecule has 2 rings (SSSR count). The van der Waals surface area contributed by atoms with Crippen molar-refractivity contribution < 1.29 is 22.7 Å². The van der Waals surface area contributed by atoms with Gasteiger partial charge in [-0.15, -0.1) is 0 Å².